The maximum atomic E-state index is 12.6. The van der Waals surface area contributed by atoms with Crippen LogP contribution in [0, 0.1) is 13.8 Å². The van der Waals surface area contributed by atoms with E-state index < -0.39 is 0 Å². The number of amides is 1. The molecule has 150 valence electrons. The number of carbonyl (C=O) groups is 1. The van der Waals surface area contributed by atoms with Gasteiger partial charge in [0, 0.05) is 43.8 Å². The highest BCUT2D eigenvalue weighted by Gasteiger charge is 2.30. The Kier molecular flexibility index (Phi) is 4.39. The molecule has 2 fully saturated rings. The van der Waals surface area contributed by atoms with Gasteiger partial charge in [0.25, 0.3) is 5.91 Å². The van der Waals surface area contributed by atoms with Crippen molar-refractivity contribution < 1.29 is 4.79 Å². The molecule has 1 amide bonds. The molecule has 1 saturated heterocycles. The second-order valence-electron chi connectivity index (χ2n) is 7.92. The zero-order valence-electron chi connectivity index (χ0n) is 16.6. The van der Waals surface area contributed by atoms with Crippen LogP contribution in [-0.4, -0.2) is 55.4 Å². The largest absolute Gasteiger partial charge is 0.339 e. The number of aryl methyl sites for hydroxylation is 2. The quantitative estimate of drug-likeness (QED) is 0.682. The lowest BCUT2D eigenvalue weighted by atomic mass is 10.2. The fourth-order valence-electron chi connectivity index (χ4n) is 3.79. The van der Waals surface area contributed by atoms with Gasteiger partial charge in [-0.3, -0.25) is 4.79 Å². The van der Waals surface area contributed by atoms with Gasteiger partial charge in [-0.15, -0.1) is 0 Å². The maximum Gasteiger partial charge on any atom is 0.259 e. The molecular formula is C20H24N8O. The molecule has 0 aromatic carbocycles. The van der Waals surface area contributed by atoms with Gasteiger partial charge in [0.1, 0.15) is 5.82 Å². The number of rotatable bonds is 5. The van der Waals surface area contributed by atoms with E-state index in [1.165, 1.54) is 12.8 Å². The molecule has 1 atom stereocenters. The number of nitrogens with zero attached hydrogens (tertiary/aromatic N) is 6. The van der Waals surface area contributed by atoms with Gasteiger partial charge < -0.3 is 19.9 Å². The van der Waals surface area contributed by atoms with Crippen LogP contribution in [0.5, 0.6) is 0 Å². The Balaban J connectivity index is 1.26. The van der Waals surface area contributed by atoms with Crippen LogP contribution in [0.1, 0.15) is 41.0 Å². The minimum atomic E-state index is -0.283. The molecule has 9 heteroatoms. The average molecular weight is 392 g/mol. The van der Waals surface area contributed by atoms with Crippen molar-refractivity contribution >= 4 is 23.3 Å². The van der Waals surface area contributed by atoms with E-state index in [-0.39, 0.29) is 5.91 Å². The van der Waals surface area contributed by atoms with Gasteiger partial charge in [-0.1, -0.05) is 0 Å². The standard InChI is InChI=1S/C20H24N8O/c1-12-9-28-11-17(24-13(2)18(28)23-12)26-19(29)14-7-21-20(22-8-14)27-6-5-16(10-27)25-15-3-4-15/h7-9,11,15-16,25H,3-6,10H2,1-2H3,(H,26,29). The molecule has 1 unspecified atom stereocenters. The van der Waals surface area contributed by atoms with Crippen LogP contribution in [0.3, 0.4) is 0 Å². The lowest BCUT2D eigenvalue weighted by molar-refractivity contribution is 0.102. The van der Waals surface area contributed by atoms with Gasteiger partial charge >= 0.3 is 0 Å². The molecule has 0 bridgehead atoms. The fourth-order valence-corrected chi connectivity index (χ4v) is 3.79. The average Bonchev–Trinajstić information content (AvgIpc) is 3.24. The Labute approximate surface area is 168 Å². The first-order valence-electron chi connectivity index (χ1n) is 10.0. The number of imidazole rings is 1. The normalized spacial score (nSPS) is 19.1. The number of carbonyl (C=O) groups excluding carboxylic acids is 1. The number of hydrogen-bond donors (Lipinski definition) is 2. The van der Waals surface area contributed by atoms with Crippen molar-refractivity contribution in [3.05, 3.63) is 41.7 Å². The zero-order valence-corrected chi connectivity index (χ0v) is 16.6. The molecule has 1 aliphatic carbocycles. The SMILES string of the molecule is Cc1cn2cc(NC(=O)c3cnc(N4CCC(NC5CC5)C4)nc3)nc(C)c2n1. The Morgan fingerprint density at radius 1 is 1.07 bits per heavy atom. The Bertz CT molecular complexity index is 1060. The van der Waals surface area contributed by atoms with Crippen molar-refractivity contribution in [1.29, 1.82) is 0 Å². The van der Waals surface area contributed by atoms with Crippen LogP contribution in [0.4, 0.5) is 11.8 Å². The van der Waals surface area contributed by atoms with Crippen molar-refractivity contribution in [2.24, 2.45) is 0 Å². The summed E-state index contributed by atoms with van der Waals surface area (Å²) in [6.07, 6.45) is 10.5. The first-order valence-corrected chi connectivity index (χ1v) is 10.0. The molecule has 3 aromatic heterocycles. The lowest BCUT2D eigenvalue weighted by Gasteiger charge is -2.16. The summed E-state index contributed by atoms with van der Waals surface area (Å²) in [6.45, 7) is 5.64. The third-order valence-corrected chi connectivity index (χ3v) is 5.39. The Morgan fingerprint density at radius 3 is 2.62 bits per heavy atom. The minimum Gasteiger partial charge on any atom is -0.339 e. The van der Waals surface area contributed by atoms with Crippen LogP contribution in [0.25, 0.3) is 5.65 Å². The summed E-state index contributed by atoms with van der Waals surface area (Å²) in [5, 5.41) is 6.48. The number of nitrogens with one attached hydrogen (secondary N) is 2. The van der Waals surface area contributed by atoms with E-state index in [0.717, 1.165) is 36.5 Å². The summed E-state index contributed by atoms with van der Waals surface area (Å²) in [5.41, 5.74) is 2.85. The highest BCUT2D eigenvalue weighted by atomic mass is 16.1. The van der Waals surface area contributed by atoms with Crippen LogP contribution in [-0.2, 0) is 0 Å². The van der Waals surface area contributed by atoms with Crippen LogP contribution < -0.4 is 15.5 Å². The first kappa shape index (κ1) is 18.0. The summed E-state index contributed by atoms with van der Waals surface area (Å²) < 4.78 is 1.87. The molecule has 2 N–H and O–H groups in total. The first-order chi connectivity index (χ1) is 14.0. The second kappa shape index (κ2) is 7.07. The number of aromatic nitrogens is 5. The molecule has 29 heavy (non-hydrogen) atoms. The van der Waals surface area contributed by atoms with Crippen molar-refractivity contribution in [2.75, 3.05) is 23.3 Å². The van der Waals surface area contributed by atoms with Crippen molar-refractivity contribution in [3.8, 4) is 0 Å². The fraction of sp³-hybridized carbons (Fsp3) is 0.450. The van der Waals surface area contributed by atoms with E-state index in [0.29, 0.717) is 29.4 Å². The summed E-state index contributed by atoms with van der Waals surface area (Å²) in [6, 6.07) is 1.21. The highest BCUT2D eigenvalue weighted by molar-refractivity contribution is 6.03. The molecular weight excluding hydrogens is 368 g/mol. The molecule has 1 aliphatic heterocycles. The van der Waals surface area contributed by atoms with Gasteiger partial charge in [0.2, 0.25) is 5.95 Å². The molecule has 3 aromatic rings. The molecule has 1 saturated carbocycles. The van der Waals surface area contributed by atoms with Crippen molar-refractivity contribution in [3.63, 3.8) is 0 Å². The van der Waals surface area contributed by atoms with E-state index in [4.69, 9.17) is 0 Å². The van der Waals surface area contributed by atoms with E-state index in [1.807, 2.05) is 24.4 Å². The zero-order chi connectivity index (χ0) is 20.0. The molecule has 9 nitrogen and oxygen atoms in total. The summed E-state index contributed by atoms with van der Waals surface area (Å²) in [4.78, 5) is 32.4. The van der Waals surface area contributed by atoms with Crippen molar-refractivity contribution in [1.82, 2.24) is 29.7 Å². The Morgan fingerprint density at radius 2 is 1.86 bits per heavy atom. The third-order valence-electron chi connectivity index (χ3n) is 5.39. The van der Waals surface area contributed by atoms with Crippen LogP contribution in [0.2, 0.25) is 0 Å². The Hall–Kier alpha value is -3.07. The van der Waals surface area contributed by atoms with E-state index in [2.05, 4.69) is 35.5 Å². The van der Waals surface area contributed by atoms with Crippen molar-refractivity contribution in [2.45, 2.75) is 45.2 Å². The summed E-state index contributed by atoms with van der Waals surface area (Å²) >= 11 is 0. The minimum absolute atomic E-state index is 0.283. The smallest absolute Gasteiger partial charge is 0.259 e. The third kappa shape index (κ3) is 3.77. The van der Waals surface area contributed by atoms with Gasteiger partial charge in [-0.2, -0.15) is 0 Å². The monoisotopic (exact) mass is 392 g/mol. The molecule has 5 rings (SSSR count). The number of anilines is 2. The topological polar surface area (TPSA) is 100 Å². The predicted molar refractivity (Wildman–Crippen MR) is 109 cm³/mol. The maximum absolute atomic E-state index is 12.6. The summed E-state index contributed by atoms with van der Waals surface area (Å²) in [5.74, 6) is 0.857. The van der Waals surface area contributed by atoms with E-state index in [9.17, 15) is 4.79 Å². The van der Waals surface area contributed by atoms with Gasteiger partial charge in [0.05, 0.1) is 23.1 Å². The van der Waals surface area contributed by atoms with Gasteiger partial charge in [-0.25, -0.2) is 19.9 Å². The number of fused-ring (bicyclic) bond motifs is 1. The predicted octanol–water partition coefficient (Wildman–Crippen LogP) is 1.72. The summed E-state index contributed by atoms with van der Waals surface area (Å²) in [7, 11) is 0. The second-order valence-corrected chi connectivity index (χ2v) is 7.92. The van der Waals surface area contributed by atoms with E-state index in [1.54, 1.807) is 18.6 Å². The number of hydrogen-bond acceptors (Lipinski definition) is 7. The molecule has 0 radical (unpaired) electrons. The molecule has 4 heterocycles. The molecule has 0 spiro atoms. The van der Waals surface area contributed by atoms with Crippen LogP contribution >= 0.6 is 0 Å². The highest BCUT2D eigenvalue weighted by Crippen LogP contribution is 2.23. The van der Waals surface area contributed by atoms with Crippen LogP contribution in [0.15, 0.2) is 24.8 Å². The van der Waals surface area contributed by atoms with Gasteiger partial charge in [-0.05, 0) is 33.1 Å². The lowest BCUT2D eigenvalue weighted by Crippen LogP contribution is -2.34. The van der Waals surface area contributed by atoms with E-state index >= 15 is 0 Å². The molecule has 2 aliphatic rings. The van der Waals surface area contributed by atoms with Gasteiger partial charge in [0.15, 0.2) is 5.65 Å².